The van der Waals surface area contributed by atoms with Crippen molar-refractivity contribution in [3.8, 4) is 11.1 Å². The van der Waals surface area contributed by atoms with Crippen molar-refractivity contribution in [2.45, 2.75) is 33.2 Å². The third kappa shape index (κ3) is 3.63. The SMILES string of the molecule is CCC(C(=O)OCC(C)C)n1cnc2scc(-c3cccc4ccccc34)c2c1=O. The van der Waals surface area contributed by atoms with Gasteiger partial charge in [-0.2, -0.15) is 0 Å². The van der Waals surface area contributed by atoms with Crippen molar-refractivity contribution < 1.29 is 9.53 Å². The van der Waals surface area contributed by atoms with Crippen LogP contribution in [0.5, 0.6) is 0 Å². The van der Waals surface area contributed by atoms with Crippen LogP contribution >= 0.6 is 11.3 Å². The molecule has 0 spiro atoms. The second-order valence-electron chi connectivity index (χ2n) is 7.76. The zero-order valence-corrected chi connectivity index (χ0v) is 18.1. The van der Waals surface area contributed by atoms with Gasteiger partial charge in [-0.15, -0.1) is 11.3 Å². The normalized spacial score (nSPS) is 12.5. The first kappa shape index (κ1) is 20.3. The molecule has 4 rings (SSSR count). The summed E-state index contributed by atoms with van der Waals surface area (Å²) in [7, 11) is 0. The van der Waals surface area contributed by atoms with Crippen molar-refractivity contribution in [2.75, 3.05) is 6.61 Å². The first-order valence-corrected chi connectivity index (χ1v) is 11.0. The lowest BCUT2D eigenvalue weighted by atomic mass is 9.99. The Kier molecular flexibility index (Phi) is 5.68. The number of carbonyl (C=O) groups is 1. The highest BCUT2D eigenvalue weighted by Gasteiger charge is 2.24. The molecular weight excluding hydrogens is 396 g/mol. The molecule has 0 saturated heterocycles. The Labute approximate surface area is 178 Å². The van der Waals surface area contributed by atoms with Gasteiger partial charge in [-0.1, -0.05) is 63.2 Å². The summed E-state index contributed by atoms with van der Waals surface area (Å²) in [6, 6.07) is 13.5. The Morgan fingerprint density at radius 1 is 1.13 bits per heavy atom. The number of thiophene rings is 1. The van der Waals surface area contributed by atoms with Gasteiger partial charge in [0.2, 0.25) is 0 Å². The molecule has 154 valence electrons. The van der Waals surface area contributed by atoms with Crippen LogP contribution in [0, 0.1) is 5.92 Å². The predicted molar refractivity (Wildman–Crippen MR) is 122 cm³/mol. The molecule has 0 aliphatic carbocycles. The van der Waals surface area contributed by atoms with Crippen molar-refractivity contribution in [2.24, 2.45) is 5.92 Å². The molecule has 0 N–H and O–H groups in total. The highest BCUT2D eigenvalue weighted by Crippen LogP contribution is 2.35. The Balaban J connectivity index is 1.85. The van der Waals surface area contributed by atoms with Gasteiger partial charge >= 0.3 is 5.97 Å². The molecule has 2 aromatic carbocycles. The fourth-order valence-electron chi connectivity index (χ4n) is 3.65. The molecule has 2 aromatic heterocycles. The van der Waals surface area contributed by atoms with E-state index in [1.807, 2.05) is 50.4 Å². The van der Waals surface area contributed by atoms with E-state index in [0.29, 0.717) is 23.2 Å². The standard InChI is InChI=1S/C24H24N2O3S/c1-4-20(24(28)29-12-15(2)3)26-14-25-22-21(23(26)27)19(13-30-22)18-11-7-9-16-8-5-6-10-17(16)18/h5-11,13-15,20H,4,12H2,1-3H3. The van der Waals surface area contributed by atoms with Crippen LogP contribution in [-0.2, 0) is 9.53 Å². The van der Waals surface area contributed by atoms with Crippen LogP contribution in [0.4, 0.5) is 0 Å². The Bertz CT molecular complexity index is 1270. The Hall–Kier alpha value is -2.99. The third-order valence-electron chi connectivity index (χ3n) is 5.15. The molecule has 6 heteroatoms. The van der Waals surface area contributed by atoms with Crippen molar-refractivity contribution in [3.63, 3.8) is 0 Å². The average molecular weight is 421 g/mol. The summed E-state index contributed by atoms with van der Waals surface area (Å²) in [6.07, 6.45) is 1.93. The second kappa shape index (κ2) is 8.40. The minimum atomic E-state index is -0.687. The highest BCUT2D eigenvalue weighted by molar-refractivity contribution is 7.17. The van der Waals surface area contributed by atoms with E-state index in [9.17, 15) is 9.59 Å². The first-order chi connectivity index (χ1) is 14.5. The van der Waals surface area contributed by atoms with E-state index in [1.54, 1.807) is 0 Å². The number of esters is 1. The molecule has 0 aliphatic rings. The van der Waals surface area contributed by atoms with E-state index >= 15 is 0 Å². The Morgan fingerprint density at radius 3 is 2.67 bits per heavy atom. The fourth-order valence-corrected chi connectivity index (χ4v) is 4.55. The third-order valence-corrected chi connectivity index (χ3v) is 6.04. The van der Waals surface area contributed by atoms with E-state index in [0.717, 1.165) is 21.9 Å². The van der Waals surface area contributed by atoms with Crippen LogP contribution in [0.2, 0.25) is 0 Å². The molecule has 4 aromatic rings. The number of fused-ring (bicyclic) bond motifs is 2. The lowest BCUT2D eigenvalue weighted by molar-refractivity contribution is -0.149. The van der Waals surface area contributed by atoms with Gasteiger partial charge in [-0.3, -0.25) is 9.36 Å². The number of ether oxygens (including phenoxy) is 1. The maximum atomic E-state index is 13.5. The van der Waals surface area contributed by atoms with Gasteiger partial charge in [0, 0.05) is 10.9 Å². The minimum Gasteiger partial charge on any atom is -0.464 e. The molecule has 0 fully saturated rings. The molecular formula is C24H24N2O3S. The maximum absolute atomic E-state index is 13.5. The number of hydrogen-bond acceptors (Lipinski definition) is 5. The molecule has 2 heterocycles. The number of benzene rings is 2. The van der Waals surface area contributed by atoms with Crippen molar-refractivity contribution in [3.05, 3.63) is 64.5 Å². The fraction of sp³-hybridized carbons (Fsp3) is 0.292. The smallest absolute Gasteiger partial charge is 0.329 e. The summed E-state index contributed by atoms with van der Waals surface area (Å²) >= 11 is 1.44. The molecule has 5 nitrogen and oxygen atoms in total. The number of nitrogens with zero attached hydrogens (tertiary/aromatic N) is 2. The van der Waals surface area contributed by atoms with Crippen LogP contribution in [0.3, 0.4) is 0 Å². The second-order valence-corrected chi connectivity index (χ2v) is 8.62. The van der Waals surface area contributed by atoms with Crippen LogP contribution in [-0.4, -0.2) is 22.1 Å². The van der Waals surface area contributed by atoms with Crippen molar-refractivity contribution >= 4 is 38.3 Å². The molecule has 0 aliphatic heterocycles. The van der Waals surface area contributed by atoms with E-state index in [-0.39, 0.29) is 11.5 Å². The van der Waals surface area contributed by atoms with Gasteiger partial charge in [-0.05, 0) is 28.7 Å². The minimum absolute atomic E-state index is 0.211. The van der Waals surface area contributed by atoms with Gasteiger partial charge in [0.1, 0.15) is 10.9 Å². The largest absolute Gasteiger partial charge is 0.464 e. The lowest BCUT2D eigenvalue weighted by Gasteiger charge is -2.17. The van der Waals surface area contributed by atoms with E-state index in [2.05, 4.69) is 23.2 Å². The molecule has 1 unspecified atom stereocenters. The van der Waals surface area contributed by atoms with Crippen LogP contribution in [0.25, 0.3) is 32.1 Å². The number of rotatable bonds is 6. The summed E-state index contributed by atoms with van der Waals surface area (Å²) in [4.78, 5) is 31.3. The molecule has 0 amide bonds. The topological polar surface area (TPSA) is 61.2 Å². The van der Waals surface area contributed by atoms with E-state index < -0.39 is 12.0 Å². The molecule has 0 bridgehead atoms. The molecule has 0 radical (unpaired) electrons. The van der Waals surface area contributed by atoms with Gasteiger partial charge in [0.15, 0.2) is 0 Å². The molecule has 30 heavy (non-hydrogen) atoms. The number of aromatic nitrogens is 2. The number of carbonyl (C=O) groups excluding carboxylic acids is 1. The average Bonchev–Trinajstić information content (AvgIpc) is 3.18. The van der Waals surface area contributed by atoms with Crippen LogP contribution in [0.15, 0.2) is 59.0 Å². The maximum Gasteiger partial charge on any atom is 0.329 e. The van der Waals surface area contributed by atoms with Crippen LogP contribution in [0.1, 0.15) is 33.2 Å². The number of hydrogen-bond donors (Lipinski definition) is 0. The summed E-state index contributed by atoms with van der Waals surface area (Å²) in [5.74, 6) is -0.157. The monoisotopic (exact) mass is 420 g/mol. The van der Waals surface area contributed by atoms with Gasteiger partial charge in [0.05, 0.1) is 18.3 Å². The van der Waals surface area contributed by atoms with Crippen molar-refractivity contribution in [1.82, 2.24) is 9.55 Å². The van der Waals surface area contributed by atoms with Gasteiger partial charge in [-0.25, -0.2) is 9.78 Å². The zero-order valence-electron chi connectivity index (χ0n) is 17.3. The molecule has 0 saturated carbocycles. The quantitative estimate of drug-likeness (QED) is 0.390. The predicted octanol–water partition coefficient (Wildman–Crippen LogP) is 5.43. The van der Waals surface area contributed by atoms with Crippen molar-refractivity contribution in [1.29, 1.82) is 0 Å². The summed E-state index contributed by atoms with van der Waals surface area (Å²) in [6.45, 7) is 6.17. The zero-order chi connectivity index (χ0) is 21.3. The van der Waals surface area contributed by atoms with E-state index in [1.165, 1.54) is 22.2 Å². The van der Waals surface area contributed by atoms with E-state index in [4.69, 9.17) is 4.74 Å². The van der Waals surface area contributed by atoms with Crippen LogP contribution < -0.4 is 5.56 Å². The Morgan fingerprint density at radius 2 is 1.90 bits per heavy atom. The lowest BCUT2D eigenvalue weighted by Crippen LogP contribution is -2.31. The highest BCUT2D eigenvalue weighted by atomic mass is 32.1. The summed E-state index contributed by atoms with van der Waals surface area (Å²) in [5.41, 5.74) is 1.63. The summed E-state index contributed by atoms with van der Waals surface area (Å²) in [5, 5.41) is 4.72. The first-order valence-electron chi connectivity index (χ1n) is 10.1. The van der Waals surface area contributed by atoms with Gasteiger partial charge < -0.3 is 4.74 Å². The summed E-state index contributed by atoms with van der Waals surface area (Å²) < 4.78 is 6.83. The van der Waals surface area contributed by atoms with Gasteiger partial charge in [0.25, 0.3) is 5.56 Å². The molecule has 1 atom stereocenters.